The first kappa shape index (κ1) is 30.0. The van der Waals surface area contributed by atoms with E-state index in [1.165, 1.54) is 12.3 Å². The molecule has 6 bridgehead atoms. The Labute approximate surface area is 264 Å². The molecule has 3 N–H and O–H groups in total. The van der Waals surface area contributed by atoms with Gasteiger partial charge in [0.05, 0.1) is 23.0 Å². The van der Waals surface area contributed by atoms with Crippen LogP contribution in [0.25, 0.3) is 11.1 Å². The molecule has 2 atom stereocenters. The highest BCUT2D eigenvalue weighted by molar-refractivity contribution is 6.32. The number of phenolic OH excluding ortho intramolecular Hbond substituents is 1. The molecule has 230 valence electrons. The van der Waals surface area contributed by atoms with Crippen LogP contribution < -0.4 is 20.1 Å². The number of halogens is 1. The lowest BCUT2D eigenvalue weighted by atomic mass is 9.99. The molecule has 0 aliphatic carbocycles. The molecule has 0 radical (unpaired) electrons. The highest BCUT2D eigenvalue weighted by atomic mass is 35.5. The van der Waals surface area contributed by atoms with E-state index >= 15 is 0 Å². The van der Waals surface area contributed by atoms with Crippen LogP contribution in [0.15, 0.2) is 85.2 Å². The van der Waals surface area contributed by atoms with E-state index in [-0.39, 0.29) is 48.1 Å². The first-order chi connectivity index (χ1) is 21.8. The van der Waals surface area contributed by atoms with Gasteiger partial charge in [0.1, 0.15) is 23.4 Å². The summed E-state index contributed by atoms with van der Waals surface area (Å²) in [6, 6.07) is 20.5. The second kappa shape index (κ2) is 13.3. The molecular weight excluding hydrogens is 596 g/mol. The lowest BCUT2D eigenvalue weighted by molar-refractivity contribution is -0.133. The normalized spacial score (nSPS) is 18.5. The van der Waals surface area contributed by atoms with Gasteiger partial charge in [-0.2, -0.15) is 0 Å². The number of pyridine rings is 1. The van der Waals surface area contributed by atoms with Crippen molar-refractivity contribution in [1.29, 1.82) is 0 Å². The number of nitrogens with zero attached hydrogens (tertiary/aromatic N) is 2. The molecule has 45 heavy (non-hydrogen) atoms. The average Bonchev–Trinajstić information content (AvgIpc) is 3.05. The molecule has 0 spiro atoms. The standard InChI is InChI=1S/C34H31ClN4O6/c35-28-12-22(6-9-30(28)40)13-33(42)39-11-10-31-29(19-39)38-34(43)25-14-24(17-36-18-25)23-2-1-3-27(15-23)44-20-32(41)37-16-21-4-7-26(45-31)8-5-21/h1-9,12,14-15,17-18,29,31,40H,10-11,13,16,19-20H2,(H,37,41)(H,38,43)/t29-,31+/m1/s1. The topological polar surface area (TPSA) is 130 Å². The Hall–Kier alpha value is -5.09. The number of phenols is 1. The van der Waals surface area contributed by atoms with Gasteiger partial charge in [-0.1, -0.05) is 41.9 Å². The molecule has 4 heterocycles. The van der Waals surface area contributed by atoms with E-state index in [1.54, 1.807) is 41.4 Å². The third-order valence-corrected chi connectivity index (χ3v) is 8.13. The Morgan fingerprint density at radius 3 is 2.62 bits per heavy atom. The van der Waals surface area contributed by atoms with Crippen LogP contribution in [0.1, 0.15) is 27.9 Å². The molecule has 11 heteroatoms. The lowest BCUT2D eigenvalue weighted by Crippen LogP contribution is -2.58. The van der Waals surface area contributed by atoms with Crippen LogP contribution in [-0.4, -0.2) is 64.6 Å². The summed E-state index contributed by atoms with van der Waals surface area (Å²) in [4.78, 5) is 45.4. The zero-order chi connectivity index (χ0) is 31.3. The molecule has 3 amide bonds. The summed E-state index contributed by atoms with van der Waals surface area (Å²) >= 11 is 6.05. The van der Waals surface area contributed by atoms with Crippen molar-refractivity contribution in [3.63, 3.8) is 0 Å². The number of aromatic hydroxyl groups is 1. The van der Waals surface area contributed by atoms with E-state index in [0.29, 0.717) is 47.7 Å². The highest BCUT2D eigenvalue weighted by Gasteiger charge is 2.34. The maximum atomic E-state index is 13.6. The summed E-state index contributed by atoms with van der Waals surface area (Å²) in [5.41, 5.74) is 3.38. The fourth-order valence-electron chi connectivity index (χ4n) is 5.38. The van der Waals surface area contributed by atoms with E-state index in [1.807, 2.05) is 36.4 Å². The van der Waals surface area contributed by atoms with Gasteiger partial charge in [0.15, 0.2) is 6.61 Å². The summed E-state index contributed by atoms with van der Waals surface area (Å²) < 4.78 is 12.1. The van der Waals surface area contributed by atoms with E-state index in [4.69, 9.17) is 21.1 Å². The van der Waals surface area contributed by atoms with Crippen molar-refractivity contribution in [2.24, 2.45) is 0 Å². The summed E-state index contributed by atoms with van der Waals surface area (Å²) in [5.74, 6) is 0.331. The molecule has 3 aliphatic rings. The van der Waals surface area contributed by atoms with Crippen molar-refractivity contribution in [3.8, 4) is 28.4 Å². The van der Waals surface area contributed by atoms with Crippen molar-refractivity contribution in [3.05, 3.63) is 107 Å². The maximum Gasteiger partial charge on any atom is 0.258 e. The van der Waals surface area contributed by atoms with Gasteiger partial charge < -0.3 is 30.1 Å². The van der Waals surface area contributed by atoms with Crippen LogP contribution in [-0.2, 0) is 22.6 Å². The molecule has 7 rings (SSSR count). The van der Waals surface area contributed by atoms with Gasteiger partial charge in [-0.3, -0.25) is 19.4 Å². The van der Waals surface area contributed by atoms with Gasteiger partial charge in [-0.05, 0) is 59.2 Å². The van der Waals surface area contributed by atoms with E-state index < -0.39 is 12.1 Å². The zero-order valence-corrected chi connectivity index (χ0v) is 25.0. The van der Waals surface area contributed by atoms with E-state index in [0.717, 1.165) is 11.1 Å². The highest BCUT2D eigenvalue weighted by Crippen LogP contribution is 2.27. The average molecular weight is 627 g/mol. The zero-order valence-electron chi connectivity index (χ0n) is 24.2. The number of hydrogen-bond donors (Lipinski definition) is 3. The number of hydrogen-bond acceptors (Lipinski definition) is 7. The number of likely N-dealkylation sites (tertiary alicyclic amines) is 1. The van der Waals surface area contributed by atoms with Crippen molar-refractivity contribution < 1.29 is 29.0 Å². The first-order valence-corrected chi connectivity index (χ1v) is 14.9. The molecule has 3 aliphatic heterocycles. The smallest absolute Gasteiger partial charge is 0.258 e. The third-order valence-electron chi connectivity index (χ3n) is 7.82. The van der Waals surface area contributed by atoms with Gasteiger partial charge in [-0.15, -0.1) is 0 Å². The summed E-state index contributed by atoms with van der Waals surface area (Å²) in [6.07, 6.45) is 3.31. The second-order valence-corrected chi connectivity index (χ2v) is 11.4. The fourth-order valence-corrected chi connectivity index (χ4v) is 5.59. The van der Waals surface area contributed by atoms with Gasteiger partial charge in [0.2, 0.25) is 5.91 Å². The van der Waals surface area contributed by atoms with Gasteiger partial charge in [-0.25, -0.2) is 0 Å². The fraction of sp³-hybridized carbons (Fsp3) is 0.235. The number of carbonyl (C=O) groups is 3. The number of aromatic nitrogens is 1. The minimum absolute atomic E-state index is 0.0470. The number of ether oxygens (including phenoxy) is 2. The lowest BCUT2D eigenvalue weighted by Gasteiger charge is -2.39. The number of benzene rings is 3. The molecule has 1 fully saturated rings. The number of fused-ring (bicyclic) bond motifs is 7. The molecular formula is C34H31ClN4O6. The Balaban J connectivity index is 1.27. The quantitative estimate of drug-likeness (QED) is 0.305. The number of rotatable bonds is 2. The minimum Gasteiger partial charge on any atom is -0.506 e. The molecule has 10 nitrogen and oxygen atoms in total. The molecule has 0 saturated carbocycles. The summed E-state index contributed by atoms with van der Waals surface area (Å²) in [7, 11) is 0. The molecule has 3 aromatic carbocycles. The van der Waals surface area contributed by atoms with Crippen LogP contribution in [0, 0.1) is 0 Å². The van der Waals surface area contributed by atoms with Crippen molar-refractivity contribution in [2.45, 2.75) is 31.5 Å². The molecule has 4 aromatic rings. The third kappa shape index (κ3) is 7.35. The number of piperidine rings is 1. The van der Waals surface area contributed by atoms with Crippen LogP contribution in [0.3, 0.4) is 0 Å². The molecule has 1 aromatic heterocycles. The Morgan fingerprint density at radius 1 is 0.978 bits per heavy atom. The molecule has 0 unspecified atom stereocenters. The van der Waals surface area contributed by atoms with Crippen molar-refractivity contribution in [1.82, 2.24) is 20.5 Å². The van der Waals surface area contributed by atoms with Gasteiger partial charge in [0, 0.05) is 44.0 Å². The van der Waals surface area contributed by atoms with Gasteiger partial charge >= 0.3 is 0 Å². The van der Waals surface area contributed by atoms with Crippen molar-refractivity contribution >= 4 is 29.3 Å². The monoisotopic (exact) mass is 626 g/mol. The largest absolute Gasteiger partial charge is 0.506 e. The Morgan fingerprint density at radius 2 is 1.80 bits per heavy atom. The number of amides is 3. The Bertz CT molecular complexity index is 1730. The predicted molar refractivity (Wildman–Crippen MR) is 167 cm³/mol. The van der Waals surface area contributed by atoms with E-state index in [2.05, 4.69) is 15.6 Å². The second-order valence-electron chi connectivity index (χ2n) is 11.0. The van der Waals surface area contributed by atoms with Crippen LogP contribution in [0.4, 0.5) is 0 Å². The number of nitrogens with one attached hydrogen (secondary N) is 2. The summed E-state index contributed by atoms with van der Waals surface area (Å²) in [6.45, 7) is 0.849. The van der Waals surface area contributed by atoms with E-state index in [9.17, 15) is 19.5 Å². The first-order valence-electron chi connectivity index (χ1n) is 14.6. The SMILES string of the molecule is O=C1COc2cccc(c2)-c2cncc(c2)C(=O)N[C@@H]2CN(C(=O)Cc3ccc(O)c(Cl)c3)CC[C@@H]2Oc2ccc(cc2)CN1. The summed E-state index contributed by atoms with van der Waals surface area (Å²) in [5, 5.41) is 15.9. The van der Waals surface area contributed by atoms with Crippen LogP contribution in [0.2, 0.25) is 5.02 Å². The van der Waals surface area contributed by atoms with Crippen LogP contribution in [0.5, 0.6) is 17.2 Å². The maximum absolute atomic E-state index is 13.6. The molecule has 1 saturated heterocycles. The number of carbonyl (C=O) groups excluding carboxylic acids is 3. The predicted octanol–water partition coefficient (Wildman–Crippen LogP) is 4.14. The van der Waals surface area contributed by atoms with Crippen LogP contribution >= 0.6 is 11.6 Å². The van der Waals surface area contributed by atoms with Crippen molar-refractivity contribution in [2.75, 3.05) is 19.7 Å². The minimum atomic E-state index is -0.524. The van der Waals surface area contributed by atoms with Gasteiger partial charge in [0.25, 0.3) is 11.8 Å². The Kier molecular flexibility index (Phi) is 8.84.